The molecule has 0 atom stereocenters. The molecule has 94 valence electrons. The average Bonchev–Trinajstić information content (AvgIpc) is 2.38. The molecular weight excluding hydrogens is 252 g/mol. The van der Waals surface area contributed by atoms with E-state index in [0.717, 1.165) is 0 Å². The molecule has 2 heterocycles. The van der Waals surface area contributed by atoms with E-state index in [1.807, 2.05) is 0 Å². The third-order valence-corrected chi connectivity index (χ3v) is 2.07. The first-order chi connectivity index (χ1) is 8.59. The zero-order valence-electron chi connectivity index (χ0n) is 8.79. The van der Waals surface area contributed by atoms with Crippen molar-refractivity contribution in [2.24, 2.45) is 0 Å². The SMILES string of the molecule is Fc1nc(F)c(F)c(NCc2cccnn2)c1F. The van der Waals surface area contributed by atoms with Crippen LogP contribution in [0.3, 0.4) is 0 Å². The van der Waals surface area contributed by atoms with Crippen molar-refractivity contribution in [3.05, 3.63) is 47.6 Å². The Morgan fingerprint density at radius 2 is 1.72 bits per heavy atom. The first-order valence-corrected chi connectivity index (χ1v) is 4.80. The lowest BCUT2D eigenvalue weighted by atomic mass is 10.3. The Morgan fingerprint density at radius 1 is 1.06 bits per heavy atom. The van der Waals surface area contributed by atoms with E-state index in [1.54, 1.807) is 6.07 Å². The van der Waals surface area contributed by atoms with Gasteiger partial charge in [0.15, 0.2) is 0 Å². The summed E-state index contributed by atoms with van der Waals surface area (Å²) in [4.78, 5) is 2.44. The van der Waals surface area contributed by atoms with E-state index in [4.69, 9.17) is 0 Å². The van der Waals surface area contributed by atoms with Gasteiger partial charge in [0, 0.05) is 6.20 Å². The summed E-state index contributed by atoms with van der Waals surface area (Å²) in [6, 6.07) is 3.09. The minimum Gasteiger partial charge on any atom is -0.374 e. The van der Waals surface area contributed by atoms with Crippen molar-refractivity contribution in [2.75, 3.05) is 5.32 Å². The Hall–Kier alpha value is -2.25. The zero-order chi connectivity index (χ0) is 13.1. The van der Waals surface area contributed by atoms with Crippen molar-refractivity contribution in [1.82, 2.24) is 15.2 Å². The van der Waals surface area contributed by atoms with Crippen LogP contribution in [0.5, 0.6) is 0 Å². The summed E-state index contributed by atoms with van der Waals surface area (Å²) in [6.07, 6.45) is 1.41. The van der Waals surface area contributed by atoms with Crippen LogP contribution < -0.4 is 5.32 Å². The summed E-state index contributed by atoms with van der Waals surface area (Å²) >= 11 is 0. The Kier molecular flexibility index (Phi) is 3.35. The topological polar surface area (TPSA) is 50.7 Å². The van der Waals surface area contributed by atoms with Gasteiger partial charge >= 0.3 is 0 Å². The Balaban J connectivity index is 2.24. The lowest BCUT2D eigenvalue weighted by molar-refractivity contribution is 0.410. The Morgan fingerprint density at radius 3 is 2.28 bits per heavy atom. The van der Waals surface area contributed by atoms with E-state index in [0.29, 0.717) is 5.69 Å². The molecular formula is C10H6F4N4. The molecule has 8 heteroatoms. The molecule has 1 N–H and O–H groups in total. The predicted octanol–water partition coefficient (Wildman–Crippen LogP) is 2.04. The molecule has 0 saturated heterocycles. The Labute approximate surface area is 98.7 Å². The number of aromatic nitrogens is 3. The molecule has 4 nitrogen and oxygen atoms in total. The third kappa shape index (κ3) is 2.36. The van der Waals surface area contributed by atoms with Crippen LogP contribution >= 0.6 is 0 Å². The maximum atomic E-state index is 13.2. The molecule has 2 aromatic rings. The zero-order valence-corrected chi connectivity index (χ0v) is 8.79. The highest BCUT2D eigenvalue weighted by Gasteiger charge is 2.20. The van der Waals surface area contributed by atoms with E-state index in [1.165, 1.54) is 12.3 Å². The van der Waals surface area contributed by atoms with Crippen LogP contribution in [-0.4, -0.2) is 15.2 Å². The van der Waals surface area contributed by atoms with Crippen molar-refractivity contribution < 1.29 is 17.6 Å². The first kappa shape index (κ1) is 12.2. The molecule has 0 aliphatic rings. The van der Waals surface area contributed by atoms with Crippen molar-refractivity contribution in [3.8, 4) is 0 Å². The van der Waals surface area contributed by atoms with Gasteiger partial charge in [-0.2, -0.15) is 32.7 Å². The maximum Gasteiger partial charge on any atom is 0.253 e. The number of nitrogens with zero attached hydrogens (tertiary/aromatic N) is 3. The molecule has 2 aromatic heterocycles. The van der Waals surface area contributed by atoms with Gasteiger partial charge < -0.3 is 5.32 Å². The van der Waals surface area contributed by atoms with Crippen molar-refractivity contribution >= 4 is 5.69 Å². The molecule has 0 unspecified atom stereocenters. The van der Waals surface area contributed by atoms with Crippen LogP contribution in [0.1, 0.15) is 5.69 Å². The number of rotatable bonds is 3. The van der Waals surface area contributed by atoms with E-state index < -0.39 is 29.2 Å². The predicted molar refractivity (Wildman–Crippen MR) is 53.4 cm³/mol. The average molecular weight is 258 g/mol. The monoisotopic (exact) mass is 258 g/mol. The smallest absolute Gasteiger partial charge is 0.253 e. The van der Waals surface area contributed by atoms with Gasteiger partial charge in [-0.3, -0.25) is 0 Å². The molecule has 0 bridgehead atoms. The number of pyridine rings is 1. The Bertz CT molecular complexity index is 535. The fourth-order valence-electron chi connectivity index (χ4n) is 1.25. The molecule has 0 spiro atoms. The quantitative estimate of drug-likeness (QED) is 0.676. The number of halogens is 4. The molecule has 0 aliphatic carbocycles. The second-order valence-corrected chi connectivity index (χ2v) is 3.26. The van der Waals surface area contributed by atoms with Gasteiger partial charge in [0.1, 0.15) is 5.69 Å². The third-order valence-electron chi connectivity index (χ3n) is 2.07. The van der Waals surface area contributed by atoms with Crippen molar-refractivity contribution in [3.63, 3.8) is 0 Å². The molecule has 0 aromatic carbocycles. The minimum absolute atomic E-state index is 0.134. The summed E-state index contributed by atoms with van der Waals surface area (Å²) in [5.74, 6) is -6.60. The lowest BCUT2D eigenvalue weighted by Crippen LogP contribution is -2.10. The van der Waals surface area contributed by atoms with E-state index in [9.17, 15) is 17.6 Å². The van der Waals surface area contributed by atoms with Crippen molar-refractivity contribution in [1.29, 1.82) is 0 Å². The summed E-state index contributed by atoms with van der Waals surface area (Å²) < 4.78 is 52.0. The van der Waals surface area contributed by atoms with Gasteiger partial charge in [0.2, 0.25) is 11.6 Å². The van der Waals surface area contributed by atoms with Gasteiger partial charge in [0.05, 0.1) is 12.2 Å². The fourth-order valence-corrected chi connectivity index (χ4v) is 1.25. The molecule has 0 amide bonds. The molecule has 2 rings (SSSR count). The second kappa shape index (κ2) is 4.94. The summed E-state index contributed by atoms with van der Waals surface area (Å²) in [5, 5.41) is 9.38. The lowest BCUT2D eigenvalue weighted by Gasteiger charge is -2.08. The first-order valence-electron chi connectivity index (χ1n) is 4.80. The van der Waals surface area contributed by atoms with Crippen LogP contribution in [0, 0.1) is 23.5 Å². The molecule has 0 fully saturated rings. The number of nitrogens with one attached hydrogen (secondary N) is 1. The highest BCUT2D eigenvalue weighted by Crippen LogP contribution is 2.22. The van der Waals surface area contributed by atoms with Gasteiger partial charge in [-0.25, -0.2) is 0 Å². The number of anilines is 1. The number of hydrogen-bond acceptors (Lipinski definition) is 4. The van der Waals surface area contributed by atoms with Crippen LogP contribution in [0.2, 0.25) is 0 Å². The number of hydrogen-bond donors (Lipinski definition) is 1. The summed E-state index contributed by atoms with van der Waals surface area (Å²) in [7, 11) is 0. The molecule has 18 heavy (non-hydrogen) atoms. The highest BCUT2D eigenvalue weighted by molar-refractivity contribution is 5.45. The van der Waals surface area contributed by atoms with Gasteiger partial charge in [-0.1, -0.05) is 0 Å². The van der Waals surface area contributed by atoms with Gasteiger partial charge in [-0.15, -0.1) is 0 Å². The maximum absolute atomic E-state index is 13.2. The van der Waals surface area contributed by atoms with Crippen LogP contribution in [0.15, 0.2) is 18.3 Å². The van der Waals surface area contributed by atoms with E-state index >= 15 is 0 Å². The standard InChI is InChI=1S/C10H6F4N4/c11-6-8(7(12)10(14)17-9(6)13)15-4-5-2-1-3-16-18-5/h1-3H,4H2,(H,15,17). The van der Waals surface area contributed by atoms with Crippen LogP contribution in [0.25, 0.3) is 0 Å². The van der Waals surface area contributed by atoms with Crippen molar-refractivity contribution in [2.45, 2.75) is 6.54 Å². The normalized spacial score (nSPS) is 10.4. The molecule has 0 aliphatic heterocycles. The molecule has 0 saturated carbocycles. The van der Waals surface area contributed by atoms with Crippen LogP contribution in [-0.2, 0) is 6.54 Å². The minimum atomic E-state index is -1.71. The largest absolute Gasteiger partial charge is 0.374 e. The summed E-state index contributed by atoms with van der Waals surface area (Å²) in [5.41, 5.74) is -0.570. The van der Waals surface area contributed by atoms with Gasteiger partial charge in [0.25, 0.3) is 11.9 Å². The molecule has 0 radical (unpaired) electrons. The fraction of sp³-hybridized carbons (Fsp3) is 0.100. The summed E-state index contributed by atoms with van der Waals surface area (Å²) in [6.45, 7) is -0.134. The van der Waals surface area contributed by atoms with E-state index in [-0.39, 0.29) is 6.54 Å². The van der Waals surface area contributed by atoms with Crippen LogP contribution in [0.4, 0.5) is 23.2 Å². The highest BCUT2D eigenvalue weighted by atomic mass is 19.2. The van der Waals surface area contributed by atoms with E-state index in [2.05, 4.69) is 20.5 Å². The second-order valence-electron chi connectivity index (χ2n) is 3.26. The van der Waals surface area contributed by atoms with Gasteiger partial charge in [-0.05, 0) is 12.1 Å².